The monoisotopic (exact) mass is 353 g/mol. The Morgan fingerprint density at radius 1 is 1.08 bits per heavy atom. The predicted molar refractivity (Wildman–Crippen MR) is 101 cm³/mol. The normalized spacial score (nSPS) is 32.7. The number of hydrogen-bond donors (Lipinski definition) is 2. The van der Waals surface area contributed by atoms with E-state index < -0.39 is 0 Å². The summed E-state index contributed by atoms with van der Waals surface area (Å²) in [7, 11) is 0. The molecule has 1 amide bonds. The van der Waals surface area contributed by atoms with E-state index in [0.717, 1.165) is 53.3 Å². The van der Waals surface area contributed by atoms with Crippen molar-refractivity contribution in [3.8, 4) is 11.3 Å². The highest BCUT2D eigenvalue weighted by molar-refractivity contribution is 7.20. The van der Waals surface area contributed by atoms with E-state index in [2.05, 4.69) is 10.3 Å². The molecule has 4 nitrogen and oxygen atoms in total. The van der Waals surface area contributed by atoms with Gasteiger partial charge in [-0.05, 0) is 56.3 Å². The lowest BCUT2D eigenvalue weighted by atomic mass is 9.49. The molecule has 1 aromatic carbocycles. The molecule has 6 rings (SSSR count). The molecule has 5 heteroatoms. The highest BCUT2D eigenvalue weighted by atomic mass is 32.1. The molecule has 0 saturated heterocycles. The Morgan fingerprint density at radius 2 is 1.68 bits per heavy atom. The minimum Gasteiger partial charge on any atom is -0.375 e. The van der Waals surface area contributed by atoms with E-state index in [1.165, 1.54) is 30.6 Å². The van der Waals surface area contributed by atoms with Crippen molar-refractivity contribution in [3.63, 3.8) is 0 Å². The van der Waals surface area contributed by atoms with Crippen LogP contribution in [0.15, 0.2) is 30.3 Å². The van der Waals surface area contributed by atoms with E-state index in [-0.39, 0.29) is 11.3 Å². The van der Waals surface area contributed by atoms with Crippen molar-refractivity contribution in [3.05, 3.63) is 30.3 Å². The lowest BCUT2D eigenvalue weighted by molar-refractivity contribution is -0.140. The summed E-state index contributed by atoms with van der Waals surface area (Å²) in [5, 5.41) is 4.52. The van der Waals surface area contributed by atoms with E-state index in [0.29, 0.717) is 5.13 Å². The number of nitrogens with one attached hydrogen (secondary N) is 1. The Morgan fingerprint density at radius 3 is 2.28 bits per heavy atom. The van der Waals surface area contributed by atoms with E-state index in [1.54, 1.807) is 0 Å². The summed E-state index contributed by atoms with van der Waals surface area (Å²) in [4.78, 5) is 17.7. The first-order chi connectivity index (χ1) is 12.1. The number of thiazole rings is 1. The highest BCUT2D eigenvalue weighted by Gasteiger charge is 2.54. The van der Waals surface area contributed by atoms with Gasteiger partial charge in [-0.1, -0.05) is 41.7 Å². The molecule has 4 fully saturated rings. The third kappa shape index (κ3) is 2.56. The van der Waals surface area contributed by atoms with Crippen LogP contribution < -0.4 is 11.1 Å². The smallest absolute Gasteiger partial charge is 0.231 e. The molecule has 0 atom stereocenters. The van der Waals surface area contributed by atoms with Crippen LogP contribution in [0.1, 0.15) is 38.5 Å². The molecule has 3 N–H and O–H groups in total. The number of nitrogen functional groups attached to an aromatic ring is 1. The third-order valence-electron chi connectivity index (χ3n) is 6.44. The number of anilines is 2. The molecule has 0 radical (unpaired) electrons. The summed E-state index contributed by atoms with van der Waals surface area (Å²) in [5.74, 6) is 2.49. The van der Waals surface area contributed by atoms with Crippen LogP contribution in [0.5, 0.6) is 0 Å². The van der Waals surface area contributed by atoms with Crippen molar-refractivity contribution >= 4 is 27.4 Å². The van der Waals surface area contributed by atoms with Gasteiger partial charge in [-0.3, -0.25) is 4.79 Å². The molecular weight excluding hydrogens is 330 g/mol. The van der Waals surface area contributed by atoms with Gasteiger partial charge in [-0.25, -0.2) is 4.98 Å². The van der Waals surface area contributed by atoms with Crippen LogP contribution in [0.2, 0.25) is 0 Å². The Labute approximate surface area is 151 Å². The van der Waals surface area contributed by atoms with Gasteiger partial charge in [-0.15, -0.1) is 0 Å². The number of carbonyl (C=O) groups excluding carboxylic acids is 1. The standard InChI is InChI=1S/C20H23N3OS/c21-19-22-16(15-4-2-1-3-5-15)17(25-19)23-18(24)20-9-12-6-13(10-20)8-14(7-12)11-20/h1-5,12-14H,6-11H2,(H2,21,22)(H,23,24). The first-order valence-corrected chi connectivity index (χ1v) is 10.1. The van der Waals surface area contributed by atoms with Gasteiger partial charge in [0, 0.05) is 5.56 Å². The van der Waals surface area contributed by atoms with Crippen LogP contribution in [0.3, 0.4) is 0 Å². The maximum Gasteiger partial charge on any atom is 0.231 e. The van der Waals surface area contributed by atoms with Gasteiger partial charge in [0.2, 0.25) is 5.91 Å². The zero-order chi connectivity index (χ0) is 17.0. The Kier molecular flexibility index (Phi) is 3.42. The summed E-state index contributed by atoms with van der Waals surface area (Å²) in [6.07, 6.45) is 7.24. The maximum absolute atomic E-state index is 13.3. The number of benzene rings is 1. The molecular formula is C20H23N3OS. The largest absolute Gasteiger partial charge is 0.375 e. The van der Waals surface area contributed by atoms with Gasteiger partial charge < -0.3 is 11.1 Å². The van der Waals surface area contributed by atoms with Gasteiger partial charge in [0.25, 0.3) is 0 Å². The van der Waals surface area contributed by atoms with Crippen molar-refractivity contribution < 1.29 is 4.79 Å². The number of amides is 1. The van der Waals surface area contributed by atoms with Crippen LogP contribution in [-0.2, 0) is 4.79 Å². The van der Waals surface area contributed by atoms with E-state index >= 15 is 0 Å². The summed E-state index contributed by atoms with van der Waals surface area (Å²) in [6, 6.07) is 9.96. The zero-order valence-electron chi connectivity index (χ0n) is 14.2. The van der Waals surface area contributed by atoms with Gasteiger partial charge >= 0.3 is 0 Å². The molecule has 1 aromatic heterocycles. The van der Waals surface area contributed by atoms with Crippen LogP contribution >= 0.6 is 11.3 Å². The summed E-state index contributed by atoms with van der Waals surface area (Å²) in [5.41, 5.74) is 7.59. The molecule has 0 unspecified atom stereocenters. The van der Waals surface area contributed by atoms with Crippen molar-refractivity contribution in [2.75, 3.05) is 11.1 Å². The average molecular weight is 353 g/mol. The molecule has 4 aliphatic rings. The van der Waals surface area contributed by atoms with Crippen molar-refractivity contribution in [1.29, 1.82) is 0 Å². The number of hydrogen-bond acceptors (Lipinski definition) is 4. The minimum atomic E-state index is -0.151. The second kappa shape index (κ2) is 5.56. The van der Waals surface area contributed by atoms with Crippen LogP contribution in [0.4, 0.5) is 10.1 Å². The predicted octanol–water partition coefficient (Wildman–Crippen LogP) is 4.55. The van der Waals surface area contributed by atoms with Gasteiger partial charge in [-0.2, -0.15) is 0 Å². The highest BCUT2D eigenvalue weighted by Crippen LogP contribution is 2.60. The number of rotatable bonds is 3. The van der Waals surface area contributed by atoms with Crippen molar-refractivity contribution in [2.45, 2.75) is 38.5 Å². The molecule has 4 bridgehead atoms. The fourth-order valence-electron chi connectivity index (χ4n) is 5.84. The van der Waals surface area contributed by atoms with E-state index in [9.17, 15) is 4.79 Å². The topological polar surface area (TPSA) is 68.0 Å². The lowest BCUT2D eigenvalue weighted by Crippen LogP contribution is -2.51. The third-order valence-corrected chi connectivity index (χ3v) is 7.24. The molecule has 4 aliphatic carbocycles. The van der Waals surface area contributed by atoms with Gasteiger partial charge in [0.15, 0.2) is 5.13 Å². The lowest BCUT2D eigenvalue weighted by Gasteiger charge is -2.55. The molecule has 1 heterocycles. The fraction of sp³-hybridized carbons (Fsp3) is 0.500. The molecule has 4 saturated carbocycles. The molecule has 25 heavy (non-hydrogen) atoms. The maximum atomic E-state index is 13.3. The SMILES string of the molecule is Nc1nc(-c2ccccc2)c(NC(=O)C23CC4CC(CC(C4)C2)C3)s1. The minimum absolute atomic E-state index is 0.151. The van der Waals surface area contributed by atoms with Gasteiger partial charge in [0.1, 0.15) is 10.7 Å². The Balaban J connectivity index is 1.44. The average Bonchev–Trinajstić information content (AvgIpc) is 2.95. The molecule has 0 aliphatic heterocycles. The van der Waals surface area contributed by atoms with Crippen LogP contribution in [-0.4, -0.2) is 10.9 Å². The number of nitrogens with two attached hydrogens (primary N) is 1. The summed E-state index contributed by atoms with van der Waals surface area (Å²) < 4.78 is 0. The van der Waals surface area contributed by atoms with E-state index in [1.807, 2.05) is 30.3 Å². The molecule has 130 valence electrons. The first-order valence-electron chi connectivity index (χ1n) is 9.24. The number of carbonyl (C=O) groups is 1. The van der Waals surface area contributed by atoms with Crippen LogP contribution in [0.25, 0.3) is 11.3 Å². The quantitative estimate of drug-likeness (QED) is 0.851. The second-order valence-electron chi connectivity index (χ2n) is 8.25. The van der Waals surface area contributed by atoms with Crippen LogP contribution in [0, 0.1) is 23.2 Å². The second-order valence-corrected chi connectivity index (χ2v) is 9.28. The summed E-state index contributed by atoms with van der Waals surface area (Å²) in [6.45, 7) is 0. The van der Waals surface area contributed by atoms with Gasteiger partial charge in [0.05, 0.1) is 5.41 Å². The molecule has 2 aromatic rings. The molecule has 0 spiro atoms. The fourth-order valence-corrected chi connectivity index (χ4v) is 6.59. The summed E-state index contributed by atoms with van der Waals surface area (Å²) >= 11 is 1.38. The van der Waals surface area contributed by atoms with Crippen molar-refractivity contribution in [1.82, 2.24) is 4.98 Å². The Hall–Kier alpha value is -1.88. The zero-order valence-corrected chi connectivity index (χ0v) is 15.0. The van der Waals surface area contributed by atoms with Crippen molar-refractivity contribution in [2.24, 2.45) is 23.2 Å². The first kappa shape index (κ1) is 15.4. The number of nitrogens with zero attached hydrogens (tertiary/aromatic N) is 1. The number of aromatic nitrogens is 1. The Bertz CT molecular complexity index is 778. The van der Waals surface area contributed by atoms with E-state index in [4.69, 9.17) is 5.73 Å².